The van der Waals surface area contributed by atoms with Crippen LogP contribution in [0.5, 0.6) is 0 Å². The highest BCUT2D eigenvalue weighted by Gasteiger charge is 2.70. The average molecular weight is 582 g/mol. The number of aliphatic hydroxyl groups is 1. The summed E-state index contributed by atoms with van der Waals surface area (Å²) in [6.45, 7) is 2.45. The van der Waals surface area contributed by atoms with E-state index in [9.17, 15) is 19.5 Å². The first kappa shape index (κ1) is 26.6. The van der Waals surface area contributed by atoms with Crippen molar-refractivity contribution in [3.63, 3.8) is 0 Å². The third-order valence-corrected chi connectivity index (χ3v) is 10.1. The molecule has 10 heteroatoms. The molecule has 1 aliphatic carbocycles. The number of carbonyl (C=O) groups is 3. The lowest BCUT2D eigenvalue weighted by Gasteiger charge is -2.48. The molecular formula is C33H35N5O5. The van der Waals surface area contributed by atoms with Crippen molar-refractivity contribution in [1.29, 1.82) is 0 Å². The molecular weight excluding hydrogens is 546 g/mol. The summed E-state index contributed by atoms with van der Waals surface area (Å²) in [5.41, 5.74) is 3.58. The molecule has 10 nitrogen and oxygen atoms in total. The fourth-order valence-corrected chi connectivity index (χ4v) is 8.12. The molecule has 0 bridgehead atoms. The van der Waals surface area contributed by atoms with E-state index in [4.69, 9.17) is 4.74 Å². The van der Waals surface area contributed by atoms with Gasteiger partial charge in [0, 0.05) is 42.7 Å². The Morgan fingerprint density at radius 2 is 1.98 bits per heavy atom. The number of hydrogen-bond acceptors (Lipinski definition) is 6. The number of amides is 3. The van der Waals surface area contributed by atoms with Crippen LogP contribution >= 0.6 is 0 Å². The Kier molecular flexibility index (Phi) is 5.73. The molecule has 3 fully saturated rings. The average Bonchev–Trinajstić information content (AvgIpc) is 3.70. The zero-order valence-electron chi connectivity index (χ0n) is 24.2. The van der Waals surface area contributed by atoms with Gasteiger partial charge in [-0.2, -0.15) is 0 Å². The van der Waals surface area contributed by atoms with Crippen molar-refractivity contribution in [2.75, 3.05) is 20.1 Å². The molecule has 3 N–H and O–H groups in total. The van der Waals surface area contributed by atoms with Gasteiger partial charge in [0.05, 0.1) is 5.92 Å². The van der Waals surface area contributed by atoms with Crippen LogP contribution in [0.4, 0.5) is 0 Å². The van der Waals surface area contributed by atoms with Crippen molar-refractivity contribution in [2.45, 2.75) is 62.4 Å². The second kappa shape index (κ2) is 9.25. The van der Waals surface area contributed by atoms with Gasteiger partial charge in [-0.05, 0) is 61.6 Å². The molecule has 0 saturated carbocycles. The van der Waals surface area contributed by atoms with Gasteiger partial charge in [0.2, 0.25) is 17.5 Å². The number of hydrogen-bond donors (Lipinski definition) is 3. The summed E-state index contributed by atoms with van der Waals surface area (Å²) in [5.74, 6) is -3.77. The van der Waals surface area contributed by atoms with E-state index >= 15 is 0 Å². The first-order valence-electron chi connectivity index (χ1n) is 15.1. The number of carbonyl (C=O) groups excluding carboxylic acids is 3. The summed E-state index contributed by atoms with van der Waals surface area (Å²) in [6, 6.07) is 14.1. The first-order valence-corrected chi connectivity index (χ1v) is 15.1. The van der Waals surface area contributed by atoms with E-state index in [1.807, 2.05) is 49.5 Å². The summed E-state index contributed by atoms with van der Waals surface area (Å²) < 4.78 is 6.23. The molecule has 3 aromatic rings. The van der Waals surface area contributed by atoms with Crippen molar-refractivity contribution < 1.29 is 24.2 Å². The summed E-state index contributed by atoms with van der Waals surface area (Å²) in [6.07, 6.45) is 6.38. The van der Waals surface area contributed by atoms with Crippen molar-refractivity contribution >= 4 is 34.2 Å². The third kappa shape index (κ3) is 3.79. The second-order valence-corrected chi connectivity index (χ2v) is 12.8. The van der Waals surface area contributed by atoms with Crippen LogP contribution in [0.1, 0.15) is 36.5 Å². The van der Waals surface area contributed by atoms with Crippen molar-refractivity contribution in [2.24, 2.45) is 5.92 Å². The monoisotopic (exact) mass is 581 g/mol. The van der Waals surface area contributed by atoms with Gasteiger partial charge < -0.3 is 20.3 Å². The maximum atomic E-state index is 14.2. The van der Waals surface area contributed by atoms with Gasteiger partial charge in [0.1, 0.15) is 12.1 Å². The maximum Gasteiger partial charge on any atom is 0.280 e. The van der Waals surface area contributed by atoms with E-state index in [1.165, 1.54) is 22.8 Å². The van der Waals surface area contributed by atoms with Crippen LogP contribution < -0.4 is 5.32 Å². The van der Waals surface area contributed by atoms with Crippen LogP contribution in [-0.4, -0.2) is 92.4 Å². The van der Waals surface area contributed by atoms with E-state index in [1.54, 1.807) is 4.90 Å². The standard InChI is InChI=1S/C33H35N5O5/c1-32(35-29(39)21-15-23-22-10-6-11-24-28(22)20(17-34-24)16-25(23)36(2)18-21)31(41)38-26(14-19-8-4-3-5-9-19)30(40)37-13-7-12-27(37)33(38,42)43-32/h3-6,8-11,15,17,21,25-27,34,42H,7,12-14,16,18H2,1-2H3,(H,35,39)/t21-,25+,26-,27+,32+,33-/m0/s1. The lowest BCUT2D eigenvalue weighted by atomic mass is 9.79. The Hall–Kier alpha value is -3.99. The van der Waals surface area contributed by atoms with Crippen LogP contribution in [0.15, 0.2) is 60.8 Å². The molecule has 43 heavy (non-hydrogen) atoms. The normalized spacial score (nSPS) is 33.3. The quantitative estimate of drug-likeness (QED) is 0.434. The smallest absolute Gasteiger partial charge is 0.280 e. The highest BCUT2D eigenvalue weighted by Crippen LogP contribution is 2.46. The third-order valence-electron chi connectivity index (χ3n) is 10.1. The number of rotatable bonds is 4. The van der Waals surface area contributed by atoms with Gasteiger partial charge in [-0.15, -0.1) is 0 Å². The second-order valence-electron chi connectivity index (χ2n) is 12.8. The maximum absolute atomic E-state index is 14.2. The zero-order chi connectivity index (χ0) is 29.7. The molecule has 6 atom stereocenters. The zero-order valence-corrected chi connectivity index (χ0v) is 24.2. The van der Waals surface area contributed by atoms with Gasteiger partial charge in [-0.1, -0.05) is 48.5 Å². The molecule has 8 rings (SSSR count). The summed E-state index contributed by atoms with van der Waals surface area (Å²) in [5, 5.41) is 16.1. The molecule has 222 valence electrons. The Labute approximate surface area is 249 Å². The fourth-order valence-electron chi connectivity index (χ4n) is 8.12. The van der Waals surface area contributed by atoms with Gasteiger partial charge in [0.15, 0.2) is 0 Å². The topological polar surface area (TPSA) is 118 Å². The molecule has 1 aromatic heterocycles. The first-order chi connectivity index (χ1) is 20.7. The number of nitrogens with zero attached hydrogens (tertiary/aromatic N) is 3. The predicted molar refractivity (Wildman–Crippen MR) is 158 cm³/mol. The molecule has 5 aliphatic rings. The Morgan fingerprint density at radius 1 is 1.16 bits per heavy atom. The Balaban J connectivity index is 1.11. The number of piperazine rings is 1. The van der Waals surface area contributed by atoms with E-state index in [0.29, 0.717) is 25.9 Å². The summed E-state index contributed by atoms with van der Waals surface area (Å²) in [4.78, 5) is 50.2. The predicted octanol–water partition coefficient (Wildman–Crippen LogP) is 1.99. The number of aromatic nitrogens is 1. The van der Waals surface area contributed by atoms with Crippen molar-refractivity contribution in [3.8, 4) is 0 Å². The number of fused-ring (bicyclic) bond motifs is 5. The minimum absolute atomic E-state index is 0.144. The van der Waals surface area contributed by atoms with E-state index in [2.05, 4.69) is 33.5 Å². The number of benzene rings is 2. The molecule has 0 spiro atoms. The van der Waals surface area contributed by atoms with Crippen LogP contribution in [0.2, 0.25) is 0 Å². The van der Waals surface area contributed by atoms with Gasteiger partial charge >= 0.3 is 0 Å². The minimum Gasteiger partial charge on any atom is -0.361 e. The van der Waals surface area contributed by atoms with Gasteiger partial charge in [0.25, 0.3) is 11.8 Å². The molecule has 0 unspecified atom stereocenters. The number of nitrogens with one attached hydrogen (secondary N) is 2. The number of likely N-dealkylation sites (N-methyl/N-ethyl adjacent to an activating group) is 1. The van der Waals surface area contributed by atoms with Crippen LogP contribution in [0.3, 0.4) is 0 Å². The lowest BCUT2D eigenvalue weighted by Crippen LogP contribution is -2.71. The van der Waals surface area contributed by atoms with Gasteiger partial charge in [-0.3, -0.25) is 28.9 Å². The lowest BCUT2D eigenvalue weighted by molar-refractivity contribution is -0.315. The van der Waals surface area contributed by atoms with Crippen molar-refractivity contribution in [1.82, 2.24) is 25.0 Å². The fraction of sp³-hybridized carbons (Fsp3) is 0.424. The molecule has 2 aromatic carbocycles. The molecule has 3 amide bonds. The molecule has 4 aliphatic heterocycles. The SMILES string of the molecule is CN1C[C@@H](C(=O)N[C@]2(C)O[C@@]3(O)[C@H]4CCCN4C(=O)[C@H](Cc4ccccc4)N3C2=O)C=C2c3cccc4[nH]cc(c34)C[C@H]21. The van der Waals surface area contributed by atoms with Crippen LogP contribution in [0, 0.1) is 5.92 Å². The van der Waals surface area contributed by atoms with Crippen LogP contribution in [0.25, 0.3) is 16.5 Å². The van der Waals surface area contributed by atoms with E-state index in [-0.39, 0.29) is 24.3 Å². The highest BCUT2D eigenvalue weighted by molar-refractivity contribution is 6.00. The molecule has 0 radical (unpaired) electrons. The van der Waals surface area contributed by atoms with E-state index < -0.39 is 35.5 Å². The summed E-state index contributed by atoms with van der Waals surface area (Å²) in [7, 11) is 2.02. The van der Waals surface area contributed by atoms with Crippen LogP contribution in [-0.2, 0) is 32.0 Å². The number of H-pyrrole nitrogens is 1. The highest BCUT2D eigenvalue weighted by atomic mass is 16.7. The number of aromatic amines is 1. The largest absolute Gasteiger partial charge is 0.361 e. The Bertz CT molecular complexity index is 1700. The van der Waals surface area contributed by atoms with Gasteiger partial charge in [-0.25, -0.2) is 0 Å². The summed E-state index contributed by atoms with van der Waals surface area (Å²) >= 11 is 0. The molecule has 5 heterocycles. The number of ether oxygens (including phenoxy) is 1. The van der Waals surface area contributed by atoms with E-state index in [0.717, 1.165) is 28.6 Å². The van der Waals surface area contributed by atoms with Crippen molar-refractivity contribution in [3.05, 3.63) is 77.5 Å². The minimum atomic E-state index is -2.04. The Morgan fingerprint density at radius 3 is 2.79 bits per heavy atom. The molecule has 3 saturated heterocycles.